The first-order chi connectivity index (χ1) is 15.4. The van der Waals surface area contributed by atoms with Crippen molar-refractivity contribution in [3.63, 3.8) is 0 Å². The molecule has 2 aliphatic heterocycles. The number of rotatable bonds is 5. The molecule has 0 bridgehead atoms. The Hall–Kier alpha value is -2.39. The van der Waals surface area contributed by atoms with Gasteiger partial charge >= 0.3 is 12.3 Å². The lowest BCUT2D eigenvalue weighted by Crippen LogP contribution is -2.53. The molecule has 172 valence electrons. The molecular weight excluding hydrogens is 439 g/mol. The van der Waals surface area contributed by atoms with Gasteiger partial charge in [0.05, 0.1) is 23.5 Å². The van der Waals surface area contributed by atoms with Crippen LogP contribution in [0.1, 0.15) is 25.3 Å². The van der Waals surface area contributed by atoms with Crippen LogP contribution in [0.15, 0.2) is 52.3 Å². The Morgan fingerprint density at radius 1 is 1.19 bits per heavy atom. The monoisotopic (exact) mass is 465 g/mol. The number of benzene rings is 2. The maximum absolute atomic E-state index is 13.4. The standard InChI is InChI=1S/C23H26F3N3O2S/c1-2-31-22(30)28-13-11-27-15-17(28)6-5-12-29-18-7-3-4-8-20(18)32-21-10-9-16(14-19(21)29)23(24,25)26/h3-4,7-10,14,17,27H,2,5-6,11-13,15H2,1H3. The molecule has 2 aromatic carbocycles. The number of piperazine rings is 1. The van der Waals surface area contributed by atoms with Crippen LogP contribution in [0.4, 0.5) is 29.3 Å². The quantitative estimate of drug-likeness (QED) is 0.630. The molecule has 2 aromatic rings. The number of carbonyl (C=O) groups is 1. The van der Waals surface area contributed by atoms with Crippen molar-refractivity contribution in [2.45, 2.75) is 41.8 Å². The van der Waals surface area contributed by atoms with Gasteiger partial charge in [-0.25, -0.2) is 4.79 Å². The number of hydrogen-bond acceptors (Lipinski definition) is 5. The fourth-order valence-corrected chi connectivity index (χ4v) is 5.27. The van der Waals surface area contributed by atoms with Crippen molar-refractivity contribution in [3.05, 3.63) is 48.0 Å². The highest BCUT2D eigenvalue weighted by atomic mass is 32.2. The third-order valence-electron chi connectivity index (χ3n) is 5.72. The average molecular weight is 466 g/mol. The molecule has 1 amide bonds. The summed E-state index contributed by atoms with van der Waals surface area (Å²) in [6.45, 7) is 4.66. The van der Waals surface area contributed by atoms with Crippen LogP contribution in [0.2, 0.25) is 0 Å². The molecule has 0 spiro atoms. The Morgan fingerprint density at radius 2 is 1.97 bits per heavy atom. The molecule has 1 saturated heterocycles. The van der Waals surface area contributed by atoms with E-state index in [2.05, 4.69) is 5.32 Å². The number of para-hydroxylation sites is 1. The molecule has 0 saturated carbocycles. The van der Waals surface area contributed by atoms with Crippen LogP contribution < -0.4 is 10.2 Å². The highest BCUT2D eigenvalue weighted by Gasteiger charge is 2.33. The largest absolute Gasteiger partial charge is 0.450 e. The second kappa shape index (κ2) is 9.62. The lowest BCUT2D eigenvalue weighted by Gasteiger charge is -2.37. The smallest absolute Gasteiger partial charge is 0.416 e. The molecule has 32 heavy (non-hydrogen) atoms. The van der Waals surface area contributed by atoms with Crippen LogP contribution in [0.5, 0.6) is 0 Å². The Kier molecular flexibility index (Phi) is 6.85. The van der Waals surface area contributed by atoms with Gasteiger partial charge in [0.25, 0.3) is 0 Å². The molecule has 2 heterocycles. The zero-order chi connectivity index (χ0) is 22.7. The minimum atomic E-state index is -4.39. The van der Waals surface area contributed by atoms with Crippen LogP contribution in [0, 0.1) is 0 Å². The summed E-state index contributed by atoms with van der Waals surface area (Å²) in [6.07, 6.45) is -3.25. The number of anilines is 2. The van der Waals surface area contributed by atoms with E-state index in [-0.39, 0.29) is 12.1 Å². The van der Waals surface area contributed by atoms with E-state index in [1.165, 1.54) is 17.8 Å². The van der Waals surface area contributed by atoms with E-state index in [0.717, 1.165) is 40.9 Å². The summed E-state index contributed by atoms with van der Waals surface area (Å²) in [5.41, 5.74) is 0.840. The van der Waals surface area contributed by atoms with Gasteiger partial charge in [0.2, 0.25) is 0 Å². The van der Waals surface area contributed by atoms with E-state index in [4.69, 9.17) is 4.74 Å². The maximum atomic E-state index is 13.4. The number of hydrogen-bond donors (Lipinski definition) is 1. The number of fused-ring (bicyclic) bond motifs is 2. The van der Waals surface area contributed by atoms with Gasteiger partial charge in [-0.05, 0) is 50.1 Å². The Bertz CT molecular complexity index is 970. The second-order valence-corrected chi connectivity index (χ2v) is 8.88. The van der Waals surface area contributed by atoms with Gasteiger partial charge in [-0.1, -0.05) is 23.9 Å². The molecule has 0 radical (unpaired) electrons. The number of halogens is 3. The van der Waals surface area contributed by atoms with Crippen molar-refractivity contribution in [3.8, 4) is 0 Å². The van der Waals surface area contributed by atoms with E-state index >= 15 is 0 Å². The molecule has 1 atom stereocenters. The summed E-state index contributed by atoms with van der Waals surface area (Å²) < 4.78 is 45.3. The molecule has 5 nitrogen and oxygen atoms in total. The van der Waals surface area contributed by atoms with Crippen LogP contribution in [-0.4, -0.2) is 49.8 Å². The van der Waals surface area contributed by atoms with Gasteiger partial charge in [-0.3, -0.25) is 0 Å². The minimum absolute atomic E-state index is 0.00168. The van der Waals surface area contributed by atoms with E-state index in [1.807, 2.05) is 29.2 Å². The Morgan fingerprint density at radius 3 is 2.75 bits per heavy atom. The average Bonchev–Trinajstić information content (AvgIpc) is 2.78. The van der Waals surface area contributed by atoms with Gasteiger partial charge in [-0.2, -0.15) is 13.2 Å². The first-order valence-electron chi connectivity index (χ1n) is 10.8. The SMILES string of the molecule is CCOC(=O)N1CCNCC1CCCN1c2ccccc2Sc2ccc(C(F)(F)F)cc21. The molecule has 0 aromatic heterocycles. The summed E-state index contributed by atoms with van der Waals surface area (Å²) >= 11 is 1.49. The van der Waals surface area contributed by atoms with Gasteiger partial charge in [0.15, 0.2) is 0 Å². The van der Waals surface area contributed by atoms with Gasteiger partial charge < -0.3 is 19.9 Å². The van der Waals surface area contributed by atoms with E-state index < -0.39 is 11.7 Å². The topological polar surface area (TPSA) is 44.8 Å². The normalized spacial score (nSPS) is 18.2. The van der Waals surface area contributed by atoms with Gasteiger partial charge in [0.1, 0.15) is 0 Å². The second-order valence-electron chi connectivity index (χ2n) is 7.79. The molecule has 1 N–H and O–H groups in total. The fourth-order valence-electron chi connectivity index (χ4n) is 4.20. The predicted octanol–water partition coefficient (Wildman–Crippen LogP) is 5.52. The van der Waals surface area contributed by atoms with Gasteiger partial charge in [-0.15, -0.1) is 0 Å². The predicted molar refractivity (Wildman–Crippen MR) is 119 cm³/mol. The van der Waals surface area contributed by atoms with Gasteiger partial charge in [0, 0.05) is 42.0 Å². The summed E-state index contributed by atoms with van der Waals surface area (Å²) in [5, 5.41) is 3.31. The molecule has 4 rings (SSSR count). The van der Waals surface area contributed by atoms with Crippen molar-refractivity contribution in [2.24, 2.45) is 0 Å². The van der Waals surface area contributed by atoms with Crippen molar-refractivity contribution in [1.29, 1.82) is 0 Å². The molecule has 9 heteroatoms. The van der Waals surface area contributed by atoms with Crippen LogP contribution in [0.3, 0.4) is 0 Å². The number of alkyl halides is 3. The number of carbonyl (C=O) groups excluding carboxylic acids is 1. The highest BCUT2D eigenvalue weighted by Crippen LogP contribution is 2.49. The maximum Gasteiger partial charge on any atom is 0.416 e. The summed E-state index contributed by atoms with van der Waals surface area (Å²) in [4.78, 5) is 17.9. The number of nitrogens with one attached hydrogen (secondary N) is 1. The zero-order valence-electron chi connectivity index (χ0n) is 17.8. The van der Waals surface area contributed by atoms with Crippen LogP contribution >= 0.6 is 11.8 Å². The first kappa shape index (κ1) is 22.8. The molecule has 1 unspecified atom stereocenters. The molecule has 0 aliphatic carbocycles. The Labute approximate surface area is 189 Å². The third kappa shape index (κ3) is 4.83. The van der Waals surface area contributed by atoms with E-state index in [9.17, 15) is 18.0 Å². The first-order valence-corrected chi connectivity index (χ1v) is 11.6. The summed E-state index contributed by atoms with van der Waals surface area (Å²) in [6, 6.07) is 11.7. The van der Waals surface area contributed by atoms with Crippen molar-refractivity contribution >= 4 is 29.2 Å². The lowest BCUT2D eigenvalue weighted by atomic mass is 10.1. The molecule has 1 fully saturated rings. The number of ether oxygens (including phenoxy) is 1. The van der Waals surface area contributed by atoms with Crippen molar-refractivity contribution in [1.82, 2.24) is 10.2 Å². The summed E-state index contributed by atoms with van der Waals surface area (Å²) in [5.74, 6) is 0. The number of nitrogens with zero attached hydrogens (tertiary/aromatic N) is 2. The molecular formula is C23H26F3N3O2S. The number of amides is 1. The van der Waals surface area contributed by atoms with Crippen molar-refractivity contribution < 1.29 is 22.7 Å². The van der Waals surface area contributed by atoms with Crippen LogP contribution in [0.25, 0.3) is 0 Å². The zero-order valence-corrected chi connectivity index (χ0v) is 18.6. The lowest BCUT2D eigenvalue weighted by molar-refractivity contribution is -0.137. The highest BCUT2D eigenvalue weighted by molar-refractivity contribution is 7.99. The minimum Gasteiger partial charge on any atom is -0.450 e. The van der Waals surface area contributed by atoms with E-state index in [0.29, 0.717) is 31.9 Å². The van der Waals surface area contributed by atoms with Crippen molar-refractivity contribution in [2.75, 3.05) is 37.7 Å². The summed E-state index contributed by atoms with van der Waals surface area (Å²) in [7, 11) is 0. The third-order valence-corrected chi connectivity index (χ3v) is 6.85. The molecule has 2 aliphatic rings. The van der Waals surface area contributed by atoms with Crippen LogP contribution in [-0.2, 0) is 10.9 Å². The van der Waals surface area contributed by atoms with E-state index in [1.54, 1.807) is 17.9 Å². The fraction of sp³-hybridized carbons (Fsp3) is 0.435. The Balaban J connectivity index is 1.53.